The highest BCUT2D eigenvalue weighted by Crippen LogP contribution is 2.26. The van der Waals surface area contributed by atoms with E-state index in [1.807, 2.05) is 12.3 Å². The predicted octanol–water partition coefficient (Wildman–Crippen LogP) is 2.10. The van der Waals surface area contributed by atoms with E-state index in [9.17, 15) is 22.8 Å². The zero-order valence-electron chi connectivity index (χ0n) is 15.9. The maximum absolute atomic E-state index is 11.4. The Morgan fingerprint density at radius 1 is 1.45 bits per heavy atom. The molecule has 1 atom stereocenters. The molecule has 0 aromatic carbocycles. The topological polar surface area (TPSA) is 111 Å². The van der Waals surface area contributed by atoms with Crippen LogP contribution in [0.2, 0.25) is 0 Å². The number of nitrogens with zero attached hydrogens (tertiary/aromatic N) is 2. The number of carbonyl (C=O) groups is 3. The number of rotatable bonds is 5. The van der Waals surface area contributed by atoms with Crippen LogP contribution in [0.15, 0.2) is 18.0 Å². The van der Waals surface area contributed by atoms with Crippen molar-refractivity contribution in [1.82, 2.24) is 15.1 Å². The quantitative estimate of drug-likeness (QED) is 0.674. The molecule has 1 aliphatic heterocycles. The molecule has 0 spiro atoms. The van der Waals surface area contributed by atoms with Crippen LogP contribution in [-0.4, -0.2) is 63.1 Å². The molecule has 29 heavy (non-hydrogen) atoms. The van der Waals surface area contributed by atoms with Crippen LogP contribution in [0, 0.1) is 0 Å². The molecule has 162 valence electrons. The van der Waals surface area contributed by atoms with E-state index in [1.165, 1.54) is 17.3 Å². The molecule has 1 fully saturated rings. The standard InChI is InChI=1S/C15H21N3O3S.C2HF3O2/c1-3-21-15(20)10-18-9-12(7-17-18)6-13-8-16-5-4-14(13)22-11(2)19;3-2(4,5)1(6)7/h6-7,9,14,16H,3-5,8,10H2,1-2H3;(H,6,7). The van der Waals surface area contributed by atoms with Crippen molar-refractivity contribution >= 4 is 34.9 Å². The second kappa shape index (κ2) is 11.6. The van der Waals surface area contributed by atoms with Crippen LogP contribution in [0.25, 0.3) is 6.08 Å². The van der Waals surface area contributed by atoms with Gasteiger partial charge in [0.2, 0.25) is 0 Å². The molecule has 0 aliphatic carbocycles. The van der Waals surface area contributed by atoms with Gasteiger partial charge in [-0.1, -0.05) is 17.8 Å². The van der Waals surface area contributed by atoms with Crippen LogP contribution < -0.4 is 5.32 Å². The number of piperidine rings is 1. The number of aliphatic carboxylic acids is 1. The van der Waals surface area contributed by atoms with Crippen molar-refractivity contribution < 1.29 is 37.4 Å². The van der Waals surface area contributed by atoms with Gasteiger partial charge in [-0.2, -0.15) is 18.3 Å². The molecule has 2 rings (SSSR count). The van der Waals surface area contributed by atoms with Crippen molar-refractivity contribution in [2.45, 2.75) is 38.2 Å². The predicted molar refractivity (Wildman–Crippen MR) is 100 cm³/mol. The lowest BCUT2D eigenvalue weighted by Gasteiger charge is -2.24. The van der Waals surface area contributed by atoms with E-state index >= 15 is 0 Å². The summed E-state index contributed by atoms with van der Waals surface area (Å²) in [5.74, 6) is -3.05. The summed E-state index contributed by atoms with van der Waals surface area (Å²) >= 11 is 1.38. The summed E-state index contributed by atoms with van der Waals surface area (Å²) < 4.78 is 38.2. The van der Waals surface area contributed by atoms with Crippen molar-refractivity contribution in [2.24, 2.45) is 0 Å². The average molecular weight is 437 g/mol. The number of ether oxygens (including phenoxy) is 1. The Morgan fingerprint density at radius 3 is 2.66 bits per heavy atom. The monoisotopic (exact) mass is 437 g/mol. The Morgan fingerprint density at radius 2 is 2.10 bits per heavy atom. The summed E-state index contributed by atoms with van der Waals surface area (Å²) in [4.78, 5) is 31.7. The zero-order valence-corrected chi connectivity index (χ0v) is 16.7. The fraction of sp³-hybridized carbons (Fsp3) is 0.529. The van der Waals surface area contributed by atoms with Crippen LogP contribution in [0.4, 0.5) is 13.2 Å². The summed E-state index contributed by atoms with van der Waals surface area (Å²) in [5.41, 5.74) is 2.11. The molecule has 12 heteroatoms. The first-order chi connectivity index (χ1) is 13.5. The van der Waals surface area contributed by atoms with Crippen molar-refractivity contribution in [3.63, 3.8) is 0 Å². The number of aromatic nitrogens is 2. The summed E-state index contributed by atoms with van der Waals surface area (Å²) in [6.45, 7) is 5.55. The summed E-state index contributed by atoms with van der Waals surface area (Å²) in [5, 5.41) is 15.0. The van der Waals surface area contributed by atoms with E-state index in [0.717, 1.165) is 25.1 Å². The minimum Gasteiger partial charge on any atom is -0.475 e. The van der Waals surface area contributed by atoms with Gasteiger partial charge in [-0.3, -0.25) is 14.3 Å². The smallest absolute Gasteiger partial charge is 0.475 e. The molecule has 1 unspecified atom stereocenters. The molecule has 0 radical (unpaired) electrons. The van der Waals surface area contributed by atoms with Crippen LogP contribution in [-0.2, 0) is 25.7 Å². The van der Waals surface area contributed by atoms with E-state index in [4.69, 9.17) is 14.6 Å². The lowest BCUT2D eigenvalue weighted by Crippen LogP contribution is -2.32. The van der Waals surface area contributed by atoms with E-state index < -0.39 is 12.1 Å². The van der Waals surface area contributed by atoms with Gasteiger partial charge >= 0.3 is 18.1 Å². The Bertz CT molecular complexity index is 749. The molecular weight excluding hydrogens is 415 g/mol. The molecule has 0 bridgehead atoms. The van der Waals surface area contributed by atoms with E-state index in [-0.39, 0.29) is 22.9 Å². The van der Waals surface area contributed by atoms with Gasteiger partial charge in [0.1, 0.15) is 6.54 Å². The third-order valence-electron chi connectivity index (χ3n) is 3.48. The van der Waals surface area contributed by atoms with Gasteiger partial charge < -0.3 is 15.2 Å². The molecule has 0 saturated carbocycles. The Hall–Kier alpha value is -2.34. The number of esters is 1. The highest BCUT2D eigenvalue weighted by Gasteiger charge is 2.38. The van der Waals surface area contributed by atoms with Gasteiger partial charge in [-0.25, -0.2) is 4.79 Å². The van der Waals surface area contributed by atoms with Crippen LogP contribution in [0.1, 0.15) is 25.8 Å². The first-order valence-corrected chi connectivity index (χ1v) is 9.47. The van der Waals surface area contributed by atoms with Gasteiger partial charge in [0.15, 0.2) is 5.12 Å². The Labute approximate surface area is 169 Å². The number of nitrogens with one attached hydrogen (secondary N) is 1. The summed E-state index contributed by atoms with van der Waals surface area (Å²) in [7, 11) is 0. The van der Waals surface area contributed by atoms with Crippen molar-refractivity contribution in [2.75, 3.05) is 19.7 Å². The number of carboxylic acid groups (broad SMARTS) is 1. The second-order valence-corrected chi connectivity index (χ2v) is 7.24. The largest absolute Gasteiger partial charge is 0.490 e. The molecule has 2 N–H and O–H groups in total. The highest BCUT2D eigenvalue weighted by atomic mass is 32.2. The van der Waals surface area contributed by atoms with Crippen LogP contribution in [0.3, 0.4) is 0 Å². The lowest BCUT2D eigenvalue weighted by atomic mass is 10.0. The normalized spacial score (nSPS) is 18.0. The maximum Gasteiger partial charge on any atom is 0.490 e. The number of carbonyl (C=O) groups excluding carboxylic acids is 2. The molecule has 1 saturated heterocycles. The van der Waals surface area contributed by atoms with Gasteiger partial charge in [-0.15, -0.1) is 0 Å². The number of alkyl halides is 3. The minimum atomic E-state index is -5.08. The van der Waals surface area contributed by atoms with Crippen LogP contribution >= 0.6 is 11.8 Å². The highest BCUT2D eigenvalue weighted by molar-refractivity contribution is 8.14. The molecule has 1 aromatic rings. The third kappa shape index (κ3) is 9.61. The number of thioether (sulfide) groups is 1. The Balaban J connectivity index is 0.000000516. The van der Waals surface area contributed by atoms with Gasteiger partial charge in [0, 0.05) is 30.5 Å². The zero-order chi connectivity index (χ0) is 22.0. The molecule has 1 aromatic heterocycles. The molecule has 8 nitrogen and oxygen atoms in total. The Kier molecular flexibility index (Phi) is 9.89. The van der Waals surface area contributed by atoms with E-state index in [1.54, 1.807) is 24.7 Å². The molecule has 1 aliphatic rings. The fourth-order valence-corrected chi connectivity index (χ4v) is 3.28. The molecular formula is C17H22F3N3O5S. The van der Waals surface area contributed by atoms with Gasteiger partial charge in [0.05, 0.1) is 12.8 Å². The van der Waals surface area contributed by atoms with Crippen molar-refractivity contribution in [3.05, 3.63) is 23.5 Å². The maximum atomic E-state index is 11.4. The van der Waals surface area contributed by atoms with Crippen molar-refractivity contribution in [1.29, 1.82) is 0 Å². The minimum absolute atomic E-state index is 0.112. The molecule has 2 heterocycles. The van der Waals surface area contributed by atoms with Crippen molar-refractivity contribution in [3.8, 4) is 0 Å². The SMILES string of the molecule is CCOC(=O)Cn1cc(C=C2CNCCC2SC(C)=O)cn1.O=C(O)C(F)(F)F. The van der Waals surface area contributed by atoms with Gasteiger partial charge in [0.25, 0.3) is 0 Å². The molecule has 0 amide bonds. The third-order valence-corrected chi connectivity index (χ3v) is 4.63. The second-order valence-electron chi connectivity index (χ2n) is 5.86. The number of hydrogen-bond acceptors (Lipinski definition) is 7. The lowest BCUT2D eigenvalue weighted by molar-refractivity contribution is -0.192. The van der Waals surface area contributed by atoms with Crippen LogP contribution in [0.5, 0.6) is 0 Å². The number of halogens is 3. The van der Waals surface area contributed by atoms with Gasteiger partial charge in [-0.05, 0) is 25.5 Å². The summed E-state index contributed by atoms with van der Waals surface area (Å²) in [6, 6.07) is 0. The first kappa shape index (κ1) is 24.7. The van der Waals surface area contributed by atoms with E-state index in [2.05, 4.69) is 10.4 Å². The average Bonchev–Trinajstić information content (AvgIpc) is 3.03. The number of carboxylic acids is 1. The summed E-state index contributed by atoms with van der Waals surface area (Å²) in [6.07, 6.45) is 1.43. The van der Waals surface area contributed by atoms with E-state index in [0.29, 0.717) is 6.61 Å². The fourth-order valence-electron chi connectivity index (χ4n) is 2.34. The first-order valence-electron chi connectivity index (χ1n) is 8.59. The number of hydrogen-bond donors (Lipinski definition) is 2.